The monoisotopic (exact) mass is 461 g/mol. The van der Waals surface area contributed by atoms with Crippen LogP contribution in [0.15, 0.2) is 33.5 Å². The highest BCUT2D eigenvalue weighted by molar-refractivity contribution is 9.10. The van der Waals surface area contributed by atoms with Gasteiger partial charge in [0, 0.05) is 29.3 Å². The quantitative estimate of drug-likeness (QED) is 0.335. The molecule has 1 aromatic carbocycles. The van der Waals surface area contributed by atoms with Crippen LogP contribution in [0.1, 0.15) is 76.7 Å². The molecule has 160 valence electrons. The molecule has 0 aliphatic rings. The molecule has 1 aromatic heterocycles. The predicted molar refractivity (Wildman–Crippen MR) is 128 cm³/mol. The summed E-state index contributed by atoms with van der Waals surface area (Å²) >= 11 is 3.78. The van der Waals surface area contributed by atoms with Gasteiger partial charge in [-0.25, -0.2) is 4.98 Å². The first kappa shape index (κ1) is 23.7. The van der Waals surface area contributed by atoms with Crippen LogP contribution in [-0.4, -0.2) is 22.6 Å². The Labute approximate surface area is 184 Å². The second kappa shape index (κ2) is 12.2. The molecule has 0 radical (unpaired) electrons. The van der Waals surface area contributed by atoms with Crippen molar-refractivity contribution in [3.8, 4) is 5.69 Å². The number of aromatic nitrogens is 2. The Hall–Kier alpha value is -1.62. The molecular weight excluding hydrogens is 426 g/mol. The average Bonchev–Trinajstić information content (AvgIpc) is 2.66. The highest BCUT2D eigenvalue weighted by atomic mass is 79.9. The third kappa shape index (κ3) is 6.98. The molecule has 4 nitrogen and oxygen atoms in total. The fourth-order valence-corrected chi connectivity index (χ4v) is 4.37. The van der Waals surface area contributed by atoms with Crippen molar-refractivity contribution in [2.75, 3.05) is 18.0 Å². The van der Waals surface area contributed by atoms with Crippen LogP contribution in [0, 0.1) is 13.8 Å². The van der Waals surface area contributed by atoms with Crippen LogP contribution in [-0.2, 0) is 0 Å². The van der Waals surface area contributed by atoms with E-state index < -0.39 is 0 Å². The lowest BCUT2D eigenvalue weighted by Gasteiger charge is -2.27. The summed E-state index contributed by atoms with van der Waals surface area (Å²) in [4.78, 5) is 19.4. The summed E-state index contributed by atoms with van der Waals surface area (Å²) in [5, 5.41) is 0. The van der Waals surface area contributed by atoms with Crippen molar-refractivity contribution in [1.29, 1.82) is 0 Å². The van der Waals surface area contributed by atoms with Crippen molar-refractivity contribution >= 4 is 21.6 Å². The molecule has 0 atom stereocenters. The number of hydrogen-bond acceptors (Lipinski definition) is 3. The molecule has 29 heavy (non-hydrogen) atoms. The van der Waals surface area contributed by atoms with Gasteiger partial charge < -0.3 is 4.90 Å². The van der Waals surface area contributed by atoms with Crippen LogP contribution in [0.25, 0.3) is 5.69 Å². The third-order valence-corrected chi connectivity index (χ3v) is 5.94. The lowest BCUT2D eigenvalue weighted by Crippen LogP contribution is -2.26. The zero-order chi connectivity index (χ0) is 21.2. The molecule has 0 amide bonds. The molecule has 0 saturated heterocycles. The maximum Gasteiger partial charge on any atom is 0.258 e. The maximum atomic E-state index is 12.5. The minimum Gasteiger partial charge on any atom is -0.371 e. The highest BCUT2D eigenvalue weighted by Crippen LogP contribution is 2.29. The van der Waals surface area contributed by atoms with E-state index >= 15 is 0 Å². The Balaban J connectivity index is 2.23. The van der Waals surface area contributed by atoms with Crippen molar-refractivity contribution in [3.05, 3.63) is 50.6 Å². The number of nitrogens with zero attached hydrogens (tertiary/aromatic N) is 3. The van der Waals surface area contributed by atoms with Gasteiger partial charge in [-0.1, -0.05) is 52.4 Å². The zero-order valence-corrected chi connectivity index (χ0v) is 20.1. The van der Waals surface area contributed by atoms with Crippen molar-refractivity contribution < 1.29 is 0 Å². The molecule has 1 heterocycles. The number of rotatable bonds is 12. The van der Waals surface area contributed by atoms with Crippen LogP contribution in [0.5, 0.6) is 0 Å². The summed E-state index contributed by atoms with van der Waals surface area (Å²) in [6, 6.07) is 7.82. The number of hydrogen-bond donors (Lipinski definition) is 0. The fourth-order valence-electron chi connectivity index (χ4n) is 3.76. The van der Waals surface area contributed by atoms with Crippen LogP contribution in [0.4, 0.5) is 5.69 Å². The molecule has 0 spiro atoms. The van der Waals surface area contributed by atoms with Gasteiger partial charge in [0.15, 0.2) is 0 Å². The first-order chi connectivity index (χ1) is 14.0. The van der Waals surface area contributed by atoms with Gasteiger partial charge in [-0.05, 0) is 60.8 Å². The standard InChI is InChI=1S/C24H36BrN3O/c1-5-7-9-11-15-27(16-12-10-8-6-2)23-14-13-21(18-22(23)25)28-20(4)26-19(3)17-24(28)29/h13-14,17-18H,5-12,15-16H2,1-4H3. The smallest absolute Gasteiger partial charge is 0.258 e. The minimum atomic E-state index is -0.0364. The third-order valence-electron chi connectivity index (χ3n) is 5.31. The van der Waals surface area contributed by atoms with Crippen molar-refractivity contribution in [2.45, 2.75) is 79.1 Å². The molecule has 2 rings (SSSR count). The predicted octanol–water partition coefficient (Wildman–Crippen LogP) is 6.58. The van der Waals surface area contributed by atoms with Gasteiger partial charge in [0.1, 0.15) is 5.82 Å². The Morgan fingerprint density at radius 2 is 1.55 bits per heavy atom. The number of anilines is 1. The number of aryl methyl sites for hydroxylation is 2. The van der Waals surface area contributed by atoms with Gasteiger partial charge in [0.2, 0.25) is 0 Å². The molecule has 0 bridgehead atoms. The molecule has 0 saturated carbocycles. The topological polar surface area (TPSA) is 38.1 Å². The van der Waals surface area contributed by atoms with E-state index in [-0.39, 0.29) is 5.56 Å². The highest BCUT2D eigenvalue weighted by Gasteiger charge is 2.13. The largest absolute Gasteiger partial charge is 0.371 e. The summed E-state index contributed by atoms with van der Waals surface area (Å²) in [6.07, 6.45) is 10.1. The van der Waals surface area contributed by atoms with Gasteiger partial charge in [-0.3, -0.25) is 9.36 Å². The molecule has 5 heteroatoms. The molecule has 0 aliphatic heterocycles. The van der Waals surface area contributed by atoms with E-state index in [2.05, 4.69) is 45.7 Å². The van der Waals surface area contributed by atoms with E-state index in [1.165, 1.54) is 57.1 Å². The molecule has 0 aliphatic carbocycles. The first-order valence-corrected chi connectivity index (χ1v) is 11.9. The number of halogens is 1. The molecule has 0 fully saturated rings. The van der Waals surface area contributed by atoms with E-state index in [0.717, 1.165) is 28.9 Å². The SMILES string of the molecule is CCCCCCN(CCCCCC)c1ccc(-n2c(C)nc(C)cc2=O)cc1Br. The van der Waals surface area contributed by atoms with Crippen LogP contribution in [0.3, 0.4) is 0 Å². The summed E-state index contributed by atoms with van der Waals surface area (Å²) in [5.74, 6) is 0.714. The van der Waals surface area contributed by atoms with E-state index in [9.17, 15) is 4.79 Å². The lowest BCUT2D eigenvalue weighted by molar-refractivity contribution is 0.608. The molecule has 2 aromatic rings. The van der Waals surface area contributed by atoms with Crippen LogP contribution < -0.4 is 10.5 Å². The number of unbranched alkanes of at least 4 members (excludes halogenated alkanes) is 6. The van der Waals surface area contributed by atoms with E-state index in [4.69, 9.17) is 0 Å². The Morgan fingerprint density at radius 1 is 0.931 bits per heavy atom. The van der Waals surface area contributed by atoms with Gasteiger partial charge in [-0.15, -0.1) is 0 Å². The zero-order valence-electron chi connectivity index (χ0n) is 18.5. The maximum absolute atomic E-state index is 12.5. The normalized spacial score (nSPS) is 11.1. The average molecular weight is 462 g/mol. The molecule has 0 N–H and O–H groups in total. The minimum absolute atomic E-state index is 0.0364. The molecular formula is C24H36BrN3O. The van der Waals surface area contributed by atoms with E-state index in [0.29, 0.717) is 5.82 Å². The summed E-state index contributed by atoms with van der Waals surface area (Å²) in [5.41, 5.74) is 2.79. The van der Waals surface area contributed by atoms with Gasteiger partial charge >= 0.3 is 0 Å². The summed E-state index contributed by atoms with van der Waals surface area (Å²) < 4.78 is 2.71. The van der Waals surface area contributed by atoms with E-state index in [1.807, 2.05) is 26.0 Å². The Bertz CT molecular complexity index is 819. The fraction of sp³-hybridized carbons (Fsp3) is 0.583. The first-order valence-electron chi connectivity index (χ1n) is 11.1. The van der Waals surface area contributed by atoms with Crippen molar-refractivity contribution in [2.24, 2.45) is 0 Å². The van der Waals surface area contributed by atoms with Crippen molar-refractivity contribution in [1.82, 2.24) is 9.55 Å². The van der Waals surface area contributed by atoms with E-state index in [1.54, 1.807) is 10.6 Å². The Morgan fingerprint density at radius 3 is 2.07 bits per heavy atom. The summed E-state index contributed by atoms with van der Waals surface area (Å²) in [6.45, 7) is 10.4. The van der Waals surface area contributed by atoms with Crippen molar-refractivity contribution in [3.63, 3.8) is 0 Å². The lowest BCUT2D eigenvalue weighted by atomic mass is 10.1. The molecule has 0 unspecified atom stereocenters. The second-order valence-electron chi connectivity index (χ2n) is 7.86. The number of benzene rings is 1. The van der Waals surface area contributed by atoms with Crippen LogP contribution >= 0.6 is 15.9 Å². The van der Waals surface area contributed by atoms with Gasteiger partial charge in [-0.2, -0.15) is 0 Å². The Kier molecular flexibility index (Phi) is 9.92. The second-order valence-corrected chi connectivity index (χ2v) is 8.72. The van der Waals surface area contributed by atoms with Crippen LogP contribution in [0.2, 0.25) is 0 Å². The van der Waals surface area contributed by atoms with Gasteiger partial charge in [0.25, 0.3) is 5.56 Å². The summed E-state index contributed by atoms with van der Waals surface area (Å²) in [7, 11) is 0. The van der Waals surface area contributed by atoms with Gasteiger partial charge in [0.05, 0.1) is 11.4 Å².